The summed E-state index contributed by atoms with van der Waals surface area (Å²) in [7, 11) is 0. The Balaban J connectivity index is 1.57. The van der Waals surface area contributed by atoms with Crippen molar-refractivity contribution in [2.24, 2.45) is 0 Å². The molecule has 4 nitrogen and oxygen atoms in total. The maximum Gasteiger partial charge on any atom is 0.223 e. The van der Waals surface area contributed by atoms with E-state index in [4.69, 9.17) is 9.47 Å². The molecule has 2 heterocycles. The summed E-state index contributed by atoms with van der Waals surface area (Å²) >= 11 is 0. The molecule has 0 aromatic heterocycles. The van der Waals surface area contributed by atoms with Crippen molar-refractivity contribution in [3.8, 4) is 0 Å². The topological polar surface area (TPSA) is 38.8 Å². The Morgan fingerprint density at radius 3 is 2.81 bits per heavy atom. The highest BCUT2D eigenvalue weighted by molar-refractivity contribution is 5.76. The lowest BCUT2D eigenvalue weighted by Gasteiger charge is -2.38. The van der Waals surface area contributed by atoms with Crippen LogP contribution in [0.2, 0.25) is 0 Å². The number of carbonyl (C=O) groups excluding carboxylic acids is 1. The van der Waals surface area contributed by atoms with Crippen LogP contribution in [0.3, 0.4) is 0 Å². The molecule has 114 valence electrons. The first-order valence-electron chi connectivity index (χ1n) is 7.79. The first-order chi connectivity index (χ1) is 10.2. The molecule has 1 spiro atoms. The van der Waals surface area contributed by atoms with Crippen molar-refractivity contribution in [2.75, 3.05) is 26.3 Å². The van der Waals surface area contributed by atoms with Crippen molar-refractivity contribution in [2.45, 2.75) is 38.4 Å². The van der Waals surface area contributed by atoms with Gasteiger partial charge in [-0.15, -0.1) is 0 Å². The summed E-state index contributed by atoms with van der Waals surface area (Å²) in [4.78, 5) is 14.3. The van der Waals surface area contributed by atoms with Gasteiger partial charge in [0, 0.05) is 19.4 Å². The molecule has 21 heavy (non-hydrogen) atoms. The number of ether oxygens (including phenoxy) is 2. The summed E-state index contributed by atoms with van der Waals surface area (Å²) < 4.78 is 11.5. The van der Waals surface area contributed by atoms with E-state index in [0.29, 0.717) is 26.2 Å². The number of aryl methyl sites for hydroxylation is 2. The minimum Gasteiger partial charge on any atom is -0.346 e. The Kier molecular flexibility index (Phi) is 4.27. The van der Waals surface area contributed by atoms with Crippen LogP contribution in [0.25, 0.3) is 0 Å². The van der Waals surface area contributed by atoms with Crippen LogP contribution in [0, 0.1) is 6.92 Å². The average molecular weight is 289 g/mol. The SMILES string of the molecule is Cc1ccccc1CCC(=O)N1CCCC2(C1)OCCO2. The molecule has 0 unspecified atom stereocenters. The van der Waals surface area contributed by atoms with Crippen molar-refractivity contribution >= 4 is 5.91 Å². The molecule has 0 N–H and O–H groups in total. The third-order valence-corrected chi connectivity index (χ3v) is 4.45. The van der Waals surface area contributed by atoms with Crippen LogP contribution < -0.4 is 0 Å². The number of benzene rings is 1. The maximum atomic E-state index is 12.4. The lowest BCUT2D eigenvalue weighted by molar-refractivity contribution is -0.193. The second-order valence-electron chi connectivity index (χ2n) is 5.95. The van der Waals surface area contributed by atoms with E-state index in [1.165, 1.54) is 11.1 Å². The van der Waals surface area contributed by atoms with E-state index in [2.05, 4.69) is 19.1 Å². The van der Waals surface area contributed by atoms with Crippen LogP contribution in [-0.2, 0) is 20.7 Å². The van der Waals surface area contributed by atoms with Gasteiger partial charge in [-0.3, -0.25) is 4.79 Å². The fourth-order valence-corrected chi connectivity index (χ4v) is 3.22. The van der Waals surface area contributed by atoms with Gasteiger partial charge in [0.15, 0.2) is 5.79 Å². The van der Waals surface area contributed by atoms with Gasteiger partial charge >= 0.3 is 0 Å². The minimum atomic E-state index is -0.517. The second-order valence-corrected chi connectivity index (χ2v) is 5.95. The highest BCUT2D eigenvalue weighted by atomic mass is 16.7. The normalized spacial score (nSPS) is 20.9. The Morgan fingerprint density at radius 2 is 2.05 bits per heavy atom. The molecule has 0 bridgehead atoms. The number of amides is 1. The highest BCUT2D eigenvalue weighted by Gasteiger charge is 2.41. The molecule has 2 fully saturated rings. The van der Waals surface area contributed by atoms with Gasteiger partial charge in [-0.1, -0.05) is 24.3 Å². The van der Waals surface area contributed by atoms with E-state index in [1.807, 2.05) is 17.0 Å². The summed E-state index contributed by atoms with van der Waals surface area (Å²) in [5, 5.41) is 0. The lowest BCUT2D eigenvalue weighted by atomic mass is 10.0. The highest BCUT2D eigenvalue weighted by Crippen LogP contribution is 2.30. The van der Waals surface area contributed by atoms with Gasteiger partial charge < -0.3 is 14.4 Å². The van der Waals surface area contributed by atoms with Gasteiger partial charge in [-0.2, -0.15) is 0 Å². The number of rotatable bonds is 3. The van der Waals surface area contributed by atoms with Crippen molar-refractivity contribution in [1.82, 2.24) is 4.90 Å². The molecular weight excluding hydrogens is 266 g/mol. The number of likely N-dealkylation sites (tertiary alicyclic amines) is 1. The molecule has 2 saturated heterocycles. The number of nitrogens with zero attached hydrogens (tertiary/aromatic N) is 1. The summed E-state index contributed by atoms with van der Waals surface area (Å²) in [5.74, 6) is -0.312. The summed E-state index contributed by atoms with van der Waals surface area (Å²) in [6.07, 6.45) is 3.21. The van der Waals surface area contributed by atoms with E-state index in [-0.39, 0.29) is 5.91 Å². The number of carbonyl (C=O) groups is 1. The molecular formula is C17H23NO3. The first-order valence-corrected chi connectivity index (χ1v) is 7.79. The molecule has 4 heteroatoms. The quantitative estimate of drug-likeness (QED) is 0.857. The molecule has 0 atom stereocenters. The molecule has 2 aliphatic rings. The molecule has 0 saturated carbocycles. The first kappa shape index (κ1) is 14.5. The van der Waals surface area contributed by atoms with Crippen LogP contribution >= 0.6 is 0 Å². The van der Waals surface area contributed by atoms with Crippen molar-refractivity contribution in [1.29, 1.82) is 0 Å². The Morgan fingerprint density at radius 1 is 1.29 bits per heavy atom. The van der Waals surface area contributed by atoms with Gasteiger partial charge in [0.05, 0.1) is 19.8 Å². The van der Waals surface area contributed by atoms with Gasteiger partial charge in [0.1, 0.15) is 0 Å². The molecule has 3 rings (SSSR count). The van der Waals surface area contributed by atoms with E-state index >= 15 is 0 Å². The number of piperidine rings is 1. The summed E-state index contributed by atoms with van der Waals surface area (Å²) in [5.41, 5.74) is 2.51. The van der Waals surface area contributed by atoms with Crippen LogP contribution in [-0.4, -0.2) is 42.9 Å². The Hall–Kier alpha value is -1.39. The van der Waals surface area contributed by atoms with Crippen LogP contribution in [0.15, 0.2) is 24.3 Å². The van der Waals surface area contributed by atoms with E-state index < -0.39 is 5.79 Å². The van der Waals surface area contributed by atoms with Crippen molar-refractivity contribution in [3.05, 3.63) is 35.4 Å². The monoisotopic (exact) mass is 289 g/mol. The fourth-order valence-electron chi connectivity index (χ4n) is 3.22. The lowest BCUT2D eigenvalue weighted by Crippen LogP contribution is -2.51. The van der Waals surface area contributed by atoms with Crippen LogP contribution in [0.1, 0.15) is 30.4 Å². The number of hydrogen-bond donors (Lipinski definition) is 0. The Bertz CT molecular complexity index is 509. The second kappa shape index (κ2) is 6.16. The molecule has 1 aromatic carbocycles. The predicted molar refractivity (Wildman–Crippen MR) is 79.9 cm³/mol. The molecule has 1 amide bonds. The summed E-state index contributed by atoms with van der Waals surface area (Å²) in [6.45, 7) is 4.78. The third-order valence-electron chi connectivity index (χ3n) is 4.45. The largest absolute Gasteiger partial charge is 0.346 e. The maximum absolute atomic E-state index is 12.4. The van der Waals surface area contributed by atoms with Gasteiger partial charge in [0.2, 0.25) is 5.91 Å². The zero-order chi connectivity index (χ0) is 14.7. The minimum absolute atomic E-state index is 0.205. The molecule has 2 aliphatic heterocycles. The van der Waals surface area contributed by atoms with Gasteiger partial charge in [0.25, 0.3) is 0 Å². The van der Waals surface area contributed by atoms with Gasteiger partial charge in [-0.05, 0) is 30.9 Å². The number of hydrogen-bond acceptors (Lipinski definition) is 3. The third kappa shape index (κ3) is 3.27. The van der Waals surface area contributed by atoms with E-state index in [9.17, 15) is 4.79 Å². The van der Waals surface area contributed by atoms with Crippen molar-refractivity contribution < 1.29 is 14.3 Å². The van der Waals surface area contributed by atoms with Gasteiger partial charge in [-0.25, -0.2) is 0 Å². The van der Waals surface area contributed by atoms with Crippen LogP contribution in [0.4, 0.5) is 0 Å². The average Bonchev–Trinajstić information content (AvgIpc) is 2.94. The van der Waals surface area contributed by atoms with Crippen molar-refractivity contribution in [3.63, 3.8) is 0 Å². The van der Waals surface area contributed by atoms with E-state index in [1.54, 1.807) is 0 Å². The predicted octanol–water partition coefficient (Wildman–Crippen LogP) is 2.29. The van der Waals surface area contributed by atoms with E-state index in [0.717, 1.165) is 25.8 Å². The zero-order valence-electron chi connectivity index (χ0n) is 12.6. The summed E-state index contributed by atoms with van der Waals surface area (Å²) in [6, 6.07) is 8.26. The molecule has 0 aliphatic carbocycles. The molecule has 0 radical (unpaired) electrons. The zero-order valence-corrected chi connectivity index (χ0v) is 12.6. The fraction of sp³-hybridized carbons (Fsp3) is 0.588. The Labute approximate surface area is 126 Å². The standard InChI is InChI=1S/C17H23NO3/c1-14-5-2-3-6-15(14)7-8-16(19)18-10-4-9-17(13-18)20-11-12-21-17/h2-3,5-6H,4,7-13H2,1H3. The smallest absolute Gasteiger partial charge is 0.223 e. The van der Waals surface area contributed by atoms with Crippen LogP contribution in [0.5, 0.6) is 0 Å². The molecule has 1 aromatic rings.